The van der Waals surface area contributed by atoms with Crippen molar-refractivity contribution in [2.75, 3.05) is 11.9 Å². The van der Waals surface area contributed by atoms with Crippen LogP contribution in [0.15, 0.2) is 54.9 Å². The topological polar surface area (TPSA) is 49.6 Å². The van der Waals surface area contributed by atoms with Crippen LogP contribution in [0.4, 0.5) is 14.9 Å². The number of nitrogens with zero attached hydrogens (tertiary/aromatic N) is 3. The Kier molecular flexibility index (Phi) is 4.23. The first-order chi connectivity index (χ1) is 11.2. The lowest BCUT2D eigenvalue weighted by Gasteiger charge is -2.21. The van der Waals surface area contributed by atoms with Gasteiger partial charge < -0.3 is 14.6 Å². The molecule has 0 radical (unpaired) electrons. The quantitative estimate of drug-likeness (QED) is 0.801. The zero-order chi connectivity index (χ0) is 16.2. The number of urea groups is 1. The van der Waals surface area contributed by atoms with Crippen LogP contribution in [0.2, 0.25) is 0 Å². The number of halogens is 1. The number of fused-ring (bicyclic) bond motifs is 1. The number of pyridine rings is 1. The predicted molar refractivity (Wildman–Crippen MR) is 86.7 cm³/mol. The minimum absolute atomic E-state index is 0.231. The van der Waals surface area contributed by atoms with Gasteiger partial charge in [-0.2, -0.15) is 0 Å². The van der Waals surface area contributed by atoms with E-state index < -0.39 is 0 Å². The number of benzene rings is 1. The molecule has 0 saturated carbocycles. The molecule has 23 heavy (non-hydrogen) atoms. The average Bonchev–Trinajstić information content (AvgIpc) is 2.97. The first-order valence-corrected chi connectivity index (χ1v) is 7.40. The molecule has 0 unspecified atom stereocenters. The first kappa shape index (κ1) is 15.0. The van der Waals surface area contributed by atoms with Crippen LogP contribution in [-0.4, -0.2) is 26.9 Å². The zero-order valence-corrected chi connectivity index (χ0v) is 12.7. The van der Waals surface area contributed by atoms with E-state index >= 15 is 0 Å². The van der Waals surface area contributed by atoms with Crippen LogP contribution >= 0.6 is 0 Å². The largest absolute Gasteiger partial charge is 0.322 e. The fraction of sp³-hybridized carbons (Fsp3) is 0.176. The Hall–Kier alpha value is -2.89. The minimum atomic E-state index is -0.332. The van der Waals surface area contributed by atoms with Crippen LogP contribution in [0.5, 0.6) is 0 Å². The summed E-state index contributed by atoms with van der Waals surface area (Å²) in [6, 6.07) is 11.2. The number of carbonyl (C=O) groups is 1. The maximum Gasteiger partial charge on any atom is 0.322 e. The number of hydrogen-bond acceptors (Lipinski definition) is 2. The normalized spacial score (nSPS) is 10.7. The van der Waals surface area contributed by atoms with Gasteiger partial charge in [0.25, 0.3) is 0 Å². The molecule has 3 rings (SSSR count). The molecule has 0 aliphatic heterocycles. The monoisotopic (exact) mass is 312 g/mol. The molecule has 6 heteroatoms. The van der Waals surface area contributed by atoms with Crippen LogP contribution < -0.4 is 5.32 Å². The van der Waals surface area contributed by atoms with Gasteiger partial charge in [0.1, 0.15) is 11.5 Å². The van der Waals surface area contributed by atoms with E-state index in [1.54, 1.807) is 11.1 Å². The van der Waals surface area contributed by atoms with E-state index in [4.69, 9.17) is 0 Å². The Labute approximate surface area is 133 Å². The van der Waals surface area contributed by atoms with Gasteiger partial charge in [0.2, 0.25) is 0 Å². The third-order valence-corrected chi connectivity index (χ3v) is 3.61. The molecule has 0 fully saturated rings. The van der Waals surface area contributed by atoms with E-state index in [1.807, 2.05) is 35.7 Å². The lowest BCUT2D eigenvalue weighted by molar-refractivity contribution is 0.211. The highest BCUT2D eigenvalue weighted by Crippen LogP contribution is 2.12. The van der Waals surface area contributed by atoms with Gasteiger partial charge in [-0.1, -0.05) is 6.07 Å². The molecule has 2 heterocycles. The van der Waals surface area contributed by atoms with E-state index in [1.165, 1.54) is 24.3 Å². The number of imidazole rings is 1. The number of amides is 2. The van der Waals surface area contributed by atoms with Crippen molar-refractivity contribution in [2.24, 2.45) is 0 Å². The smallest absolute Gasteiger partial charge is 0.319 e. The Morgan fingerprint density at radius 2 is 2.04 bits per heavy atom. The standard InChI is InChI=1S/C17H17FN4O/c1-2-21(17(23)20-14-8-6-13(18)7-9-14)12-15-11-19-16-5-3-4-10-22(15)16/h3-11H,2,12H2,1H3,(H,20,23). The summed E-state index contributed by atoms with van der Waals surface area (Å²) in [5, 5.41) is 2.77. The van der Waals surface area contributed by atoms with E-state index in [2.05, 4.69) is 10.3 Å². The van der Waals surface area contributed by atoms with Crippen molar-refractivity contribution in [1.29, 1.82) is 0 Å². The summed E-state index contributed by atoms with van der Waals surface area (Å²) < 4.78 is 14.9. The van der Waals surface area contributed by atoms with Gasteiger partial charge in [-0.25, -0.2) is 14.2 Å². The summed E-state index contributed by atoms with van der Waals surface area (Å²) in [5.74, 6) is -0.332. The molecule has 0 saturated heterocycles. The number of aromatic nitrogens is 2. The highest BCUT2D eigenvalue weighted by Gasteiger charge is 2.14. The van der Waals surface area contributed by atoms with Crippen molar-refractivity contribution in [3.05, 3.63) is 66.4 Å². The lowest BCUT2D eigenvalue weighted by Crippen LogP contribution is -2.34. The lowest BCUT2D eigenvalue weighted by atomic mass is 10.3. The fourth-order valence-electron chi connectivity index (χ4n) is 2.36. The first-order valence-electron chi connectivity index (χ1n) is 7.40. The van der Waals surface area contributed by atoms with Gasteiger partial charge in [-0.15, -0.1) is 0 Å². The summed E-state index contributed by atoms with van der Waals surface area (Å²) in [5.41, 5.74) is 2.34. The van der Waals surface area contributed by atoms with E-state index in [-0.39, 0.29) is 11.8 Å². The number of carbonyl (C=O) groups excluding carboxylic acids is 1. The molecule has 3 aromatic rings. The zero-order valence-electron chi connectivity index (χ0n) is 12.7. The molecule has 1 aromatic carbocycles. The second-order valence-corrected chi connectivity index (χ2v) is 5.13. The van der Waals surface area contributed by atoms with Crippen molar-refractivity contribution >= 4 is 17.4 Å². The summed E-state index contributed by atoms with van der Waals surface area (Å²) in [6.45, 7) is 2.90. The van der Waals surface area contributed by atoms with Gasteiger partial charge in [0, 0.05) is 18.4 Å². The summed E-state index contributed by atoms with van der Waals surface area (Å²) in [4.78, 5) is 18.4. The van der Waals surface area contributed by atoms with Crippen LogP contribution in [0.3, 0.4) is 0 Å². The second-order valence-electron chi connectivity index (χ2n) is 5.13. The highest BCUT2D eigenvalue weighted by atomic mass is 19.1. The number of anilines is 1. The Bertz CT molecular complexity index is 813. The van der Waals surface area contributed by atoms with E-state index in [0.717, 1.165) is 11.3 Å². The molecule has 0 aliphatic rings. The van der Waals surface area contributed by atoms with Crippen molar-refractivity contribution in [3.63, 3.8) is 0 Å². The van der Waals surface area contributed by atoms with Crippen LogP contribution in [0, 0.1) is 5.82 Å². The third kappa shape index (κ3) is 3.31. The maximum absolute atomic E-state index is 12.9. The summed E-state index contributed by atoms with van der Waals surface area (Å²) in [6.07, 6.45) is 3.69. The van der Waals surface area contributed by atoms with E-state index in [9.17, 15) is 9.18 Å². The van der Waals surface area contributed by atoms with Crippen molar-refractivity contribution in [1.82, 2.24) is 14.3 Å². The number of rotatable bonds is 4. The molecule has 2 amide bonds. The second kappa shape index (κ2) is 6.48. The van der Waals surface area contributed by atoms with Crippen LogP contribution in [0.25, 0.3) is 5.65 Å². The molecule has 2 aromatic heterocycles. The number of hydrogen-bond donors (Lipinski definition) is 1. The van der Waals surface area contributed by atoms with Crippen molar-refractivity contribution < 1.29 is 9.18 Å². The maximum atomic E-state index is 12.9. The van der Waals surface area contributed by atoms with Gasteiger partial charge in [-0.3, -0.25) is 0 Å². The SMILES string of the molecule is CCN(Cc1cnc2ccccn12)C(=O)Nc1ccc(F)cc1. The average molecular weight is 312 g/mol. The molecule has 0 bridgehead atoms. The van der Waals surface area contributed by atoms with Gasteiger partial charge in [0.05, 0.1) is 18.4 Å². The van der Waals surface area contributed by atoms with Crippen molar-refractivity contribution in [2.45, 2.75) is 13.5 Å². The Balaban J connectivity index is 1.74. The minimum Gasteiger partial charge on any atom is -0.319 e. The summed E-state index contributed by atoms with van der Waals surface area (Å²) in [7, 11) is 0. The molecule has 5 nitrogen and oxygen atoms in total. The van der Waals surface area contributed by atoms with Crippen LogP contribution in [0.1, 0.15) is 12.6 Å². The van der Waals surface area contributed by atoms with Crippen LogP contribution in [-0.2, 0) is 6.54 Å². The number of nitrogens with one attached hydrogen (secondary N) is 1. The van der Waals surface area contributed by atoms with E-state index in [0.29, 0.717) is 18.8 Å². The fourth-order valence-corrected chi connectivity index (χ4v) is 2.36. The van der Waals surface area contributed by atoms with Gasteiger partial charge >= 0.3 is 6.03 Å². The molecule has 0 atom stereocenters. The van der Waals surface area contributed by atoms with Gasteiger partial charge in [0.15, 0.2) is 0 Å². The van der Waals surface area contributed by atoms with Gasteiger partial charge in [-0.05, 0) is 43.3 Å². The van der Waals surface area contributed by atoms with Crippen molar-refractivity contribution in [3.8, 4) is 0 Å². The molecule has 0 aliphatic carbocycles. The third-order valence-electron chi connectivity index (χ3n) is 3.61. The molecule has 118 valence electrons. The highest BCUT2D eigenvalue weighted by molar-refractivity contribution is 5.89. The summed E-state index contributed by atoms with van der Waals surface area (Å²) >= 11 is 0. The molecule has 1 N–H and O–H groups in total. The Morgan fingerprint density at radius 1 is 1.26 bits per heavy atom. The molecular weight excluding hydrogens is 295 g/mol. The molecule has 0 spiro atoms. The predicted octanol–water partition coefficient (Wildman–Crippen LogP) is 3.53. The Morgan fingerprint density at radius 3 is 2.78 bits per heavy atom. The molecular formula is C17H17FN4O.